The van der Waals surface area contributed by atoms with Crippen molar-refractivity contribution >= 4 is 5.91 Å². The second-order valence-corrected chi connectivity index (χ2v) is 6.90. The smallest absolute Gasteiger partial charge is 0.220 e. The van der Waals surface area contributed by atoms with Crippen LogP contribution in [-0.4, -0.2) is 31.7 Å². The first kappa shape index (κ1) is 16.4. The van der Waals surface area contributed by atoms with Gasteiger partial charge in [-0.25, -0.2) is 4.68 Å². The molecule has 2 aromatic rings. The summed E-state index contributed by atoms with van der Waals surface area (Å²) in [5.41, 5.74) is 1.92. The third-order valence-corrected chi connectivity index (χ3v) is 4.14. The Morgan fingerprint density at radius 3 is 3.04 bits per heavy atom. The summed E-state index contributed by atoms with van der Waals surface area (Å²) in [5, 5.41) is 14.1. The van der Waals surface area contributed by atoms with Gasteiger partial charge >= 0.3 is 0 Å². The van der Waals surface area contributed by atoms with Gasteiger partial charge in [0.1, 0.15) is 17.7 Å². The van der Waals surface area contributed by atoms with E-state index >= 15 is 0 Å². The molecule has 0 unspecified atom stereocenters. The lowest BCUT2D eigenvalue weighted by Crippen LogP contribution is -2.41. The van der Waals surface area contributed by atoms with E-state index in [2.05, 4.69) is 26.9 Å². The van der Waals surface area contributed by atoms with Crippen LogP contribution in [-0.2, 0) is 11.3 Å². The van der Waals surface area contributed by atoms with Crippen LogP contribution in [0.1, 0.15) is 50.3 Å². The van der Waals surface area contributed by atoms with Crippen LogP contribution in [0.2, 0.25) is 0 Å². The van der Waals surface area contributed by atoms with Gasteiger partial charge in [0.05, 0.1) is 6.04 Å². The lowest BCUT2D eigenvalue weighted by atomic mass is 9.89. The van der Waals surface area contributed by atoms with E-state index in [-0.39, 0.29) is 17.6 Å². The summed E-state index contributed by atoms with van der Waals surface area (Å²) in [4.78, 5) is 12.3. The summed E-state index contributed by atoms with van der Waals surface area (Å²) in [6.07, 6.45) is 3.45. The second kappa shape index (κ2) is 6.59. The van der Waals surface area contributed by atoms with Gasteiger partial charge in [0.25, 0.3) is 0 Å². The molecular formula is C17H23N5O2. The maximum atomic E-state index is 12.3. The van der Waals surface area contributed by atoms with Crippen LogP contribution in [0.5, 0.6) is 5.75 Å². The zero-order valence-corrected chi connectivity index (χ0v) is 14.3. The highest BCUT2D eigenvalue weighted by atomic mass is 16.5. The van der Waals surface area contributed by atoms with Crippen molar-refractivity contribution in [2.24, 2.45) is 0 Å². The molecule has 1 amide bonds. The summed E-state index contributed by atoms with van der Waals surface area (Å²) < 4.78 is 7.67. The minimum absolute atomic E-state index is 0.0239. The average molecular weight is 329 g/mol. The molecule has 1 aliphatic heterocycles. The number of fused-ring (bicyclic) bond motifs is 1. The Kier molecular flexibility index (Phi) is 4.51. The summed E-state index contributed by atoms with van der Waals surface area (Å²) >= 11 is 0. The van der Waals surface area contributed by atoms with Crippen LogP contribution >= 0.6 is 0 Å². The Labute approximate surface area is 141 Å². The predicted octanol–water partition coefficient (Wildman–Crippen LogP) is 2.18. The lowest BCUT2D eigenvalue weighted by molar-refractivity contribution is -0.122. The molecule has 0 saturated heterocycles. The molecule has 1 atom stereocenters. The topological polar surface area (TPSA) is 81.9 Å². The molecule has 0 fully saturated rings. The molecule has 0 bridgehead atoms. The van der Waals surface area contributed by atoms with Gasteiger partial charge in [0.15, 0.2) is 0 Å². The Morgan fingerprint density at radius 1 is 1.46 bits per heavy atom. The zero-order chi connectivity index (χ0) is 17.2. The normalized spacial score (nSPS) is 18.5. The number of rotatable bonds is 5. The number of tetrazole rings is 1. The fourth-order valence-corrected chi connectivity index (χ4v) is 3.05. The van der Waals surface area contributed by atoms with Crippen LogP contribution in [0.3, 0.4) is 0 Å². The molecule has 128 valence electrons. The van der Waals surface area contributed by atoms with Gasteiger partial charge in [-0.1, -0.05) is 17.7 Å². The number of amides is 1. The second-order valence-electron chi connectivity index (χ2n) is 6.90. The summed E-state index contributed by atoms with van der Waals surface area (Å²) in [7, 11) is 0. The summed E-state index contributed by atoms with van der Waals surface area (Å²) in [5.74, 6) is 0.897. The quantitative estimate of drug-likeness (QED) is 0.909. The van der Waals surface area contributed by atoms with Crippen molar-refractivity contribution in [2.75, 3.05) is 0 Å². The zero-order valence-electron chi connectivity index (χ0n) is 14.3. The number of ether oxygens (including phenoxy) is 1. The number of hydrogen-bond donors (Lipinski definition) is 1. The summed E-state index contributed by atoms with van der Waals surface area (Å²) in [6, 6.07) is 6.09. The van der Waals surface area contributed by atoms with Gasteiger partial charge in [0, 0.05) is 24.9 Å². The van der Waals surface area contributed by atoms with Crippen molar-refractivity contribution in [1.29, 1.82) is 0 Å². The number of nitrogens with one attached hydrogen (secondary N) is 1. The van der Waals surface area contributed by atoms with Crippen LogP contribution < -0.4 is 10.1 Å². The number of benzene rings is 1. The minimum Gasteiger partial charge on any atom is -0.487 e. The molecule has 7 nitrogen and oxygen atoms in total. The average Bonchev–Trinajstić information content (AvgIpc) is 3.00. The molecule has 3 rings (SSSR count). The highest BCUT2D eigenvalue weighted by Gasteiger charge is 2.34. The van der Waals surface area contributed by atoms with Crippen molar-refractivity contribution in [1.82, 2.24) is 25.5 Å². The van der Waals surface area contributed by atoms with Crippen molar-refractivity contribution < 1.29 is 9.53 Å². The predicted molar refractivity (Wildman–Crippen MR) is 88.4 cm³/mol. The molecule has 0 aliphatic carbocycles. The molecule has 1 aromatic heterocycles. The largest absolute Gasteiger partial charge is 0.487 e. The molecule has 1 aliphatic rings. The Hall–Kier alpha value is -2.44. The molecule has 24 heavy (non-hydrogen) atoms. The molecule has 0 radical (unpaired) electrons. The first-order chi connectivity index (χ1) is 11.4. The van der Waals surface area contributed by atoms with Crippen LogP contribution in [0.15, 0.2) is 24.5 Å². The number of carbonyl (C=O) groups excluding carboxylic acids is 1. The van der Waals surface area contributed by atoms with Crippen molar-refractivity contribution in [2.45, 2.75) is 58.2 Å². The van der Waals surface area contributed by atoms with Crippen LogP contribution in [0, 0.1) is 6.92 Å². The summed E-state index contributed by atoms with van der Waals surface area (Å²) in [6.45, 7) is 6.78. The van der Waals surface area contributed by atoms with Gasteiger partial charge in [-0.2, -0.15) is 0 Å². The highest BCUT2D eigenvalue weighted by molar-refractivity contribution is 5.76. The Balaban J connectivity index is 1.63. The van der Waals surface area contributed by atoms with E-state index < -0.39 is 0 Å². The monoisotopic (exact) mass is 329 g/mol. The Morgan fingerprint density at radius 2 is 2.29 bits per heavy atom. The van der Waals surface area contributed by atoms with E-state index in [4.69, 9.17) is 4.74 Å². The first-order valence-corrected chi connectivity index (χ1v) is 8.23. The molecule has 1 aromatic carbocycles. The van der Waals surface area contributed by atoms with E-state index in [1.54, 1.807) is 11.0 Å². The molecule has 2 heterocycles. The number of aromatic nitrogens is 4. The standard InChI is InChI=1S/C17H23N5O2/c1-12-6-7-15-13(9-12)14(10-17(2,3)24-15)19-16(23)5-4-8-22-11-18-20-21-22/h6-7,9,11,14H,4-5,8,10H2,1-3H3,(H,19,23)/t14-/m0/s1. The van der Waals surface area contributed by atoms with Crippen molar-refractivity contribution in [3.05, 3.63) is 35.7 Å². The van der Waals surface area contributed by atoms with Gasteiger partial charge in [-0.05, 0) is 43.7 Å². The third-order valence-electron chi connectivity index (χ3n) is 4.14. The third kappa shape index (κ3) is 3.90. The maximum absolute atomic E-state index is 12.3. The van der Waals surface area contributed by atoms with Gasteiger partial charge in [-0.3, -0.25) is 4.79 Å². The lowest BCUT2D eigenvalue weighted by Gasteiger charge is -2.38. The SMILES string of the molecule is Cc1ccc2c(c1)[C@@H](NC(=O)CCCn1cnnn1)CC(C)(C)O2. The molecule has 1 N–H and O–H groups in total. The minimum atomic E-state index is -0.299. The first-order valence-electron chi connectivity index (χ1n) is 8.23. The van der Waals surface area contributed by atoms with Crippen molar-refractivity contribution in [3.63, 3.8) is 0 Å². The molecule has 7 heteroatoms. The molecular weight excluding hydrogens is 306 g/mol. The number of aryl methyl sites for hydroxylation is 2. The molecule has 0 spiro atoms. The maximum Gasteiger partial charge on any atom is 0.220 e. The molecule has 0 saturated carbocycles. The van der Waals surface area contributed by atoms with E-state index in [9.17, 15) is 4.79 Å². The van der Waals surface area contributed by atoms with E-state index in [0.717, 1.165) is 23.3 Å². The van der Waals surface area contributed by atoms with E-state index in [0.29, 0.717) is 19.4 Å². The number of nitrogens with zero attached hydrogens (tertiary/aromatic N) is 4. The fraction of sp³-hybridized carbons (Fsp3) is 0.529. The number of carbonyl (C=O) groups is 1. The fourth-order valence-electron chi connectivity index (χ4n) is 3.05. The highest BCUT2D eigenvalue weighted by Crippen LogP contribution is 2.39. The van der Waals surface area contributed by atoms with Gasteiger partial charge in [0.2, 0.25) is 5.91 Å². The van der Waals surface area contributed by atoms with Crippen LogP contribution in [0.25, 0.3) is 0 Å². The van der Waals surface area contributed by atoms with E-state index in [1.165, 1.54) is 0 Å². The Bertz CT molecular complexity index is 712. The van der Waals surface area contributed by atoms with Gasteiger partial charge < -0.3 is 10.1 Å². The van der Waals surface area contributed by atoms with Crippen molar-refractivity contribution in [3.8, 4) is 5.75 Å². The van der Waals surface area contributed by atoms with Gasteiger partial charge in [-0.15, -0.1) is 5.10 Å². The van der Waals surface area contributed by atoms with E-state index in [1.807, 2.05) is 32.9 Å². The number of hydrogen-bond acceptors (Lipinski definition) is 5. The van der Waals surface area contributed by atoms with Crippen LogP contribution in [0.4, 0.5) is 0 Å².